The Hall–Kier alpha value is -2.05. The third kappa shape index (κ3) is 3.65. The van der Waals surface area contributed by atoms with E-state index in [9.17, 15) is 9.59 Å². The average Bonchev–Trinajstić information content (AvgIpc) is 2.90. The molecule has 1 amide bonds. The predicted molar refractivity (Wildman–Crippen MR) is 86.8 cm³/mol. The van der Waals surface area contributed by atoms with Crippen molar-refractivity contribution >= 4 is 41.0 Å². The molecule has 122 valence electrons. The van der Waals surface area contributed by atoms with Crippen LogP contribution in [0.4, 0.5) is 5.88 Å². The van der Waals surface area contributed by atoms with Crippen LogP contribution in [0.1, 0.15) is 30.1 Å². The van der Waals surface area contributed by atoms with Gasteiger partial charge in [0.2, 0.25) is 11.8 Å². The van der Waals surface area contributed by atoms with Crippen LogP contribution in [0.3, 0.4) is 0 Å². The Balaban J connectivity index is 2.55. The van der Waals surface area contributed by atoms with Gasteiger partial charge in [-0.25, -0.2) is 4.79 Å². The number of amides is 1. The maximum Gasteiger partial charge on any atom is 0.345 e. The first kappa shape index (κ1) is 17.3. The fourth-order valence-corrected chi connectivity index (χ4v) is 2.55. The van der Waals surface area contributed by atoms with Gasteiger partial charge in [0.25, 0.3) is 0 Å². The quantitative estimate of drug-likeness (QED) is 0.812. The predicted octanol–water partition coefficient (Wildman–Crippen LogP) is 4.17. The van der Waals surface area contributed by atoms with Gasteiger partial charge in [-0.1, -0.05) is 41.3 Å². The highest BCUT2D eigenvalue weighted by Gasteiger charge is 2.28. The maximum absolute atomic E-state index is 12.1. The Morgan fingerprint density at radius 1 is 1.30 bits per heavy atom. The summed E-state index contributed by atoms with van der Waals surface area (Å²) >= 11 is 12.3. The summed E-state index contributed by atoms with van der Waals surface area (Å²) in [5.41, 5.74) is 0.405. The molecule has 2 rings (SSSR count). The van der Waals surface area contributed by atoms with Crippen molar-refractivity contribution < 1.29 is 18.8 Å². The molecular formula is C15H14Cl2N2O4. The van der Waals surface area contributed by atoms with Crippen LogP contribution in [0.5, 0.6) is 0 Å². The third-order valence-corrected chi connectivity index (χ3v) is 3.64. The van der Waals surface area contributed by atoms with Crippen molar-refractivity contribution in [1.82, 2.24) is 5.16 Å². The number of esters is 1. The molecule has 0 spiro atoms. The van der Waals surface area contributed by atoms with E-state index in [1.54, 1.807) is 18.2 Å². The smallest absolute Gasteiger partial charge is 0.345 e. The molecule has 23 heavy (non-hydrogen) atoms. The zero-order valence-corrected chi connectivity index (χ0v) is 14.0. The lowest BCUT2D eigenvalue weighted by Gasteiger charge is -2.06. The molecule has 8 heteroatoms. The molecule has 1 aromatic carbocycles. The fraction of sp³-hybridized carbons (Fsp3) is 0.267. The van der Waals surface area contributed by atoms with Gasteiger partial charge in [-0.15, -0.1) is 0 Å². The zero-order valence-electron chi connectivity index (χ0n) is 12.5. The summed E-state index contributed by atoms with van der Waals surface area (Å²) < 4.78 is 9.84. The van der Waals surface area contributed by atoms with Crippen molar-refractivity contribution in [3.8, 4) is 11.3 Å². The van der Waals surface area contributed by atoms with E-state index in [1.807, 2.05) is 6.92 Å². The van der Waals surface area contributed by atoms with E-state index in [-0.39, 0.29) is 29.5 Å². The highest BCUT2D eigenvalue weighted by molar-refractivity contribution is 6.39. The van der Waals surface area contributed by atoms with Crippen LogP contribution in [-0.4, -0.2) is 24.1 Å². The van der Waals surface area contributed by atoms with Gasteiger partial charge in [-0.2, -0.15) is 0 Å². The first-order chi connectivity index (χ1) is 11.0. The summed E-state index contributed by atoms with van der Waals surface area (Å²) in [6.45, 7) is 1.86. The van der Waals surface area contributed by atoms with Crippen molar-refractivity contribution in [1.29, 1.82) is 0 Å². The normalized spacial score (nSPS) is 10.4. The maximum atomic E-state index is 12.1. The fourth-order valence-electron chi connectivity index (χ4n) is 1.98. The molecule has 0 radical (unpaired) electrons. The minimum atomic E-state index is -0.718. The number of carbonyl (C=O) groups excluding carboxylic acids is 2. The van der Waals surface area contributed by atoms with E-state index in [0.717, 1.165) is 0 Å². The second-order valence-corrected chi connectivity index (χ2v) is 5.44. The van der Waals surface area contributed by atoms with Gasteiger partial charge in [0.05, 0.1) is 17.2 Å². The number of benzene rings is 1. The first-order valence-electron chi connectivity index (χ1n) is 6.81. The largest absolute Gasteiger partial charge is 0.465 e. The first-order valence-corrected chi connectivity index (χ1v) is 7.57. The van der Waals surface area contributed by atoms with E-state index in [1.165, 1.54) is 7.11 Å². The molecule has 1 aromatic heterocycles. The minimum absolute atomic E-state index is 0.0352. The molecule has 0 aliphatic rings. The number of methoxy groups -OCH3 is 1. The van der Waals surface area contributed by atoms with Crippen molar-refractivity contribution in [2.45, 2.75) is 19.8 Å². The molecular weight excluding hydrogens is 343 g/mol. The Morgan fingerprint density at radius 2 is 1.96 bits per heavy atom. The summed E-state index contributed by atoms with van der Waals surface area (Å²) in [5.74, 6) is -1.11. The van der Waals surface area contributed by atoms with Crippen LogP contribution < -0.4 is 5.32 Å². The van der Waals surface area contributed by atoms with E-state index in [4.69, 9.17) is 32.5 Å². The van der Waals surface area contributed by atoms with E-state index in [0.29, 0.717) is 22.0 Å². The Morgan fingerprint density at radius 3 is 2.52 bits per heavy atom. The lowest BCUT2D eigenvalue weighted by molar-refractivity contribution is -0.116. The van der Waals surface area contributed by atoms with Crippen LogP contribution in [0.15, 0.2) is 22.7 Å². The van der Waals surface area contributed by atoms with Crippen molar-refractivity contribution in [2.24, 2.45) is 0 Å². The van der Waals surface area contributed by atoms with Crippen molar-refractivity contribution in [3.63, 3.8) is 0 Å². The molecule has 1 N–H and O–H groups in total. The Kier molecular flexibility index (Phi) is 5.63. The summed E-state index contributed by atoms with van der Waals surface area (Å²) in [6.07, 6.45) is 0.931. The lowest BCUT2D eigenvalue weighted by atomic mass is 10.1. The monoisotopic (exact) mass is 356 g/mol. The number of ether oxygens (including phenoxy) is 1. The molecule has 0 unspecified atom stereocenters. The molecule has 2 aromatic rings. The average molecular weight is 357 g/mol. The molecule has 0 fully saturated rings. The summed E-state index contributed by atoms with van der Waals surface area (Å²) in [7, 11) is 1.21. The van der Waals surface area contributed by atoms with E-state index < -0.39 is 5.97 Å². The Labute approximate surface area is 142 Å². The van der Waals surface area contributed by atoms with Crippen LogP contribution in [-0.2, 0) is 9.53 Å². The number of nitrogens with one attached hydrogen (secondary N) is 1. The second kappa shape index (κ2) is 7.48. The van der Waals surface area contributed by atoms with Gasteiger partial charge in [0, 0.05) is 12.0 Å². The zero-order chi connectivity index (χ0) is 17.0. The minimum Gasteiger partial charge on any atom is -0.465 e. The number of halogens is 2. The Bertz CT molecular complexity index is 723. The molecule has 0 bridgehead atoms. The van der Waals surface area contributed by atoms with Crippen LogP contribution >= 0.6 is 23.2 Å². The van der Waals surface area contributed by atoms with Crippen LogP contribution in [0.25, 0.3) is 11.3 Å². The number of anilines is 1. The van der Waals surface area contributed by atoms with Crippen LogP contribution in [0.2, 0.25) is 10.0 Å². The van der Waals surface area contributed by atoms with Gasteiger partial charge in [-0.05, 0) is 18.6 Å². The number of nitrogens with zero attached hydrogens (tertiary/aromatic N) is 1. The molecule has 0 atom stereocenters. The topological polar surface area (TPSA) is 81.4 Å². The number of carbonyl (C=O) groups is 2. The third-order valence-electron chi connectivity index (χ3n) is 3.01. The molecule has 0 aliphatic heterocycles. The van der Waals surface area contributed by atoms with Gasteiger partial charge < -0.3 is 9.26 Å². The van der Waals surface area contributed by atoms with Gasteiger partial charge in [0.1, 0.15) is 5.69 Å². The van der Waals surface area contributed by atoms with Gasteiger partial charge in [-0.3, -0.25) is 10.1 Å². The number of hydrogen-bond acceptors (Lipinski definition) is 5. The molecule has 0 aliphatic carbocycles. The summed E-state index contributed by atoms with van der Waals surface area (Å²) in [5, 5.41) is 6.92. The molecule has 0 saturated carbocycles. The summed E-state index contributed by atoms with van der Waals surface area (Å²) in [6, 6.07) is 4.87. The highest BCUT2D eigenvalue weighted by Crippen LogP contribution is 2.38. The molecule has 1 heterocycles. The van der Waals surface area contributed by atoms with Crippen LogP contribution in [0, 0.1) is 0 Å². The van der Waals surface area contributed by atoms with Crippen molar-refractivity contribution in [2.75, 3.05) is 12.4 Å². The van der Waals surface area contributed by atoms with E-state index >= 15 is 0 Å². The highest BCUT2D eigenvalue weighted by atomic mass is 35.5. The van der Waals surface area contributed by atoms with Gasteiger partial charge >= 0.3 is 5.97 Å². The standard InChI is InChI=1S/C15H14Cl2N2O4/c1-3-5-10(20)18-14-12(15(21)22-2)13(19-23-14)11-8(16)6-4-7-9(11)17/h4,6-7H,3,5H2,1-2H3,(H,18,20). The molecule has 0 saturated heterocycles. The number of hydrogen-bond donors (Lipinski definition) is 1. The summed E-state index contributed by atoms with van der Waals surface area (Å²) in [4.78, 5) is 23.8. The van der Waals surface area contributed by atoms with E-state index in [2.05, 4.69) is 10.5 Å². The van der Waals surface area contributed by atoms with Gasteiger partial charge in [0.15, 0.2) is 5.56 Å². The SMILES string of the molecule is CCCC(=O)Nc1onc(-c2c(Cl)cccc2Cl)c1C(=O)OC. The second-order valence-electron chi connectivity index (χ2n) is 4.62. The molecule has 6 nitrogen and oxygen atoms in total. The number of rotatable bonds is 5. The van der Waals surface area contributed by atoms with Crippen molar-refractivity contribution in [3.05, 3.63) is 33.8 Å². The lowest BCUT2D eigenvalue weighted by Crippen LogP contribution is -2.13. The number of aromatic nitrogens is 1.